The molecule has 0 aliphatic rings. The van der Waals surface area contributed by atoms with Crippen LogP contribution in [-0.4, -0.2) is 39.7 Å². The molecule has 120 valence electrons. The third kappa shape index (κ3) is 5.94. The van der Waals surface area contributed by atoms with Crippen molar-refractivity contribution < 1.29 is 9.47 Å². The van der Waals surface area contributed by atoms with Crippen LogP contribution in [0.3, 0.4) is 0 Å². The first-order chi connectivity index (χ1) is 11.3. The zero-order chi connectivity index (χ0) is 16.3. The van der Waals surface area contributed by atoms with Gasteiger partial charge in [0.05, 0.1) is 14.2 Å². The number of rotatable bonds is 8. The summed E-state index contributed by atoms with van der Waals surface area (Å²) in [5.74, 6) is 1.71. The Morgan fingerprint density at radius 3 is 1.43 bits per heavy atom. The zero-order valence-corrected chi connectivity index (χ0v) is 13.6. The van der Waals surface area contributed by atoms with Crippen LogP contribution in [0.4, 0.5) is 0 Å². The van der Waals surface area contributed by atoms with Crippen molar-refractivity contribution in [3.8, 4) is 11.5 Å². The van der Waals surface area contributed by atoms with Crippen LogP contribution in [0, 0.1) is 0 Å². The first kappa shape index (κ1) is 16.7. The monoisotopic (exact) mass is 310 g/mol. The third-order valence-electron chi connectivity index (χ3n) is 3.29. The lowest BCUT2D eigenvalue weighted by Gasteiger charge is -1.99. The largest absolute Gasteiger partial charge is 0.497 e. The average molecular weight is 310 g/mol. The van der Waals surface area contributed by atoms with Crippen molar-refractivity contribution >= 4 is 12.4 Å². The third-order valence-corrected chi connectivity index (χ3v) is 3.29. The maximum absolute atomic E-state index is 5.12. The van der Waals surface area contributed by atoms with E-state index in [1.54, 1.807) is 14.2 Å². The summed E-state index contributed by atoms with van der Waals surface area (Å²) < 4.78 is 10.2. The Balaban J connectivity index is 1.68. The average Bonchev–Trinajstić information content (AvgIpc) is 2.62. The Labute approximate surface area is 137 Å². The van der Waals surface area contributed by atoms with Crippen LogP contribution in [0.2, 0.25) is 0 Å². The number of ether oxygens (including phenoxy) is 2. The first-order valence-electron chi connectivity index (χ1n) is 7.59. The fraction of sp³-hybridized carbons (Fsp3) is 0.263. The van der Waals surface area contributed by atoms with Crippen molar-refractivity contribution in [2.45, 2.75) is 6.42 Å². The van der Waals surface area contributed by atoms with Crippen LogP contribution in [0.5, 0.6) is 11.5 Å². The Morgan fingerprint density at radius 1 is 0.696 bits per heavy atom. The molecule has 0 fully saturated rings. The molecular formula is C19H22N2O2. The van der Waals surface area contributed by atoms with Crippen molar-refractivity contribution in [2.24, 2.45) is 9.98 Å². The minimum absolute atomic E-state index is 0.770. The van der Waals surface area contributed by atoms with E-state index in [4.69, 9.17) is 9.47 Å². The van der Waals surface area contributed by atoms with E-state index in [0.717, 1.165) is 42.1 Å². The summed E-state index contributed by atoms with van der Waals surface area (Å²) >= 11 is 0. The molecule has 0 spiro atoms. The fourth-order valence-electron chi connectivity index (χ4n) is 1.97. The van der Waals surface area contributed by atoms with Gasteiger partial charge in [0, 0.05) is 25.5 Å². The standard InChI is InChI=1S/C19H22N2O2/c1-22-18-8-4-16(5-9-18)14-20-12-3-13-21-15-17-6-10-19(23-2)11-7-17/h4-11,14-15H,3,12-13H2,1-2H3/b20-14-,21-15-. The van der Waals surface area contributed by atoms with Crippen LogP contribution >= 0.6 is 0 Å². The van der Waals surface area contributed by atoms with E-state index in [1.165, 1.54) is 0 Å². The summed E-state index contributed by atoms with van der Waals surface area (Å²) in [4.78, 5) is 8.82. The molecule has 2 aromatic carbocycles. The number of benzene rings is 2. The highest BCUT2D eigenvalue weighted by Gasteiger charge is 1.91. The zero-order valence-electron chi connectivity index (χ0n) is 13.6. The van der Waals surface area contributed by atoms with Gasteiger partial charge in [0.25, 0.3) is 0 Å². The molecule has 0 aliphatic heterocycles. The SMILES string of the molecule is COc1ccc(/C=N\CCC/N=C\c2ccc(OC)cc2)cc1. The van der Waals surface area contributed by atoms with Crippen molar-refractivity contribution in [2.75, 3.05) is 27.3 Å². The maximum atomic E-state index is 5.12. The van der Waals surface area contributed by atoms with Crippen molar-refractivity contribution in [3.63, 3.8) is 0 Å². The van der Waals surface area contributed by atoms with Gasteiger partial charge >= 0.3 is 0 Å². The molecule has 0 heterocycles. The minimum Gasteiger partial charge on any atom is -0.497 e. The van der Waals surface area contributed by atoms with Crippen LogP contribution < -0.4 is 9.47 Å². The topological polar surface area (TPSA) is 43.2 Å². The van der Waals surface area contributed by atoms with Crippen LogP contribution in [0.25, 0.3) is 0 Å². The van der Waals surface area contributed by atoms with Crippen molar-refractivity contribution in [1.29, 1.82) is 0 Å². The summed E-state index contributed by atoms with van der Waals surface area (Å²) in [5, 5.41) is 0. The van der Waals surface area contributed by atoms with Crippen LogP contribution in [0.15, 0.2) is 58.5 Å². The fourth-order valence-corrected chi connectivity index (χ4v) is 1.97. The number of aliphatic imine (C=N–C) groups is 2. The van der Waals surface area contributed by atoms with E-state index in [-0.39, 0.29) is 0 Å². The summed E-state index contributed by atoms with van der Waals surface area (Å²) in [5.41, 5.74) is 2.15. The summed E-state index contributed by atoms with van der Waals surface area (Å²) in [6.45, 7) is 1.54. The summed E-state index contributed by atoms with van der Waals surface area (Å²) in [6, 6.07) is 15.7. The Hall–Kier alpha value is -2.62. The van der Waals surface area contributed by atoms with Gasteiger partial charge in [-0.05, 0) is 66.1 Å². The molecule has 0 amide bonds. The number of hydrogen-bond donors (Lipinski definition) is 0. The van der Waals surface area contributed by atoms with Crippen LogP contribution in [0.1, 0.15) is 17.5 Å². The Bertz CT molecular complexity index is 574. The second-order valence-corrected chi connectivity index (χ2v) is 4.97. The van der Waals surface area contributed by atoms with Gasteiger partial charge in [-0.1, -0.05) is 0 Å². The number of methoxy groups -OCH3 is 2. The van der Waals surface area contributed by atoms with Gasteiger partial charge < -0.3 is 9.47 Å². The molecule has 2 rings (SSSR count). The quantitative estimate of drug-likeness (QED) is 0.552. The molecule has 0 aromatic heterocycles. The van der Waals surface area contributed by atoms with E-state index in [1.807, 2.05) is 61.0 Å². The molecule has 0 radical (unpaired) electrons. The molecule has 0 saturated heterocycles. The summed E-state index contributed by atoms with van der Waals surface area (Å²) in [7, 11) is 3.32. The lowest BCUT2D eigenvalue weighted by atomic mass is 10.2. The minimum atomic E-state index is 0.770. The van der Waals surface area contributed by atoms with Gasteiger partial charge in [0.15, 0.2) is 0 Å². The lowest BCUT2D eigenvalue weighted by Crippen LogP contribution is -1.90. The van der Waals surface area contributed by atoms with Gasteiger partial charge in [0.2, 0.25) is 0 Å². The smallest absolute Gasteiger partial charge is 0.118 e. The predicted octanol–water partition coefficient (Wildman–Crippen LogP) is 3.63. The van der Waals surface area contributed by atoms with E-state index in [2.05, 4.69) is 9.98 Å². The molecular weight excluding hydrogens is 288 g/mol. The molecule has 2 aromatic rings. The van der Waals surface area contributed by atoms with Gasteiger partial charge in [-0.15, -0.1) is 0 Å². The lowest BCUT2D eigenvalue weighted by molar-refractivity contribution is 0.414. The first-order valence-corrected chi connectivity index (χ1v) is 7.59. The van der Waals surface area contributed by atoms with Crippen molar-refractivity contribution in [3.05, 3.63) is 59.7 Å². The van der Waals surface area contributed by atoms with E-state index >= 15 is 0 Å². The molecule has 0 N–H and O–H groups in total. The highest BCUT2D eigenvalue weighted by molar-refractivity contribution is 5.80. The molecule has 23 heavy (non-hydrogen) atoms. The van der Waals surface area contributed by atoms with Crippen LogP contribution in [-0.2, 0) is 0 Å². The Kier molecular flexibility index (Phi) is 6.85. The highest BCUT2D eigenvalue weighted by Crippen LogP contribution is 2.10. The normalized spacial score (nSPS) is 11.2. The maximum Gasteiger partial charge on any atom is 0.118 e. The second-order valence-electron chi connectivity index (χ2n) is 4.97. The van der Waals surface area contributed by atoms with Gasteiger partial charge in [-0.3, -0.25) is 9.98 Å². The van der Waals surface area contributed by atoms with E-state index < -0.39 is 0 Å². The molecule has 0 atom stereocenters. The predicted molar refractivity (Wildman–Crippen MR) is 95.5 cm³/mol. The highest BCUT2D eigenvalue weighted by atomic mass is 16.5. The van der Waals surface area contributed by atoms with Gasteiger partial charge in [-0.2, -0.15) is 0 Å². The number of nitrogens with zero attached hydrogens (tertiary/aromatic N) is 2. The molecule has 0 bridgehead atoms. The summed E-state index contributed by atoms with van der Waals surface area (Å²) in [6.07, 6.45) is 4.69. The molecule has 0 aliphatic carbocycles. The van der Waals surface area contributed by atoms with Gasteiger partial charge in [0.1, 0.15) is 11.5 Å². The molecule has 0 saturated carbocycles. The number of hydrogen-bond acceptors (Lipinski definition) is 4. The van der Waals surface area contributed by atoms with E-state index in [9.17, 15) is 0 Å². The van der Waals surface area contributed by atoms with Gasteiger partial charge in [-0.25, -0.2) is 0 Å². The van der Waals surface area contributed by atoms with E-state index in [0.29, 0.717) is 0 Å². The second kappa shape index (κ2) is 9.41. The molecule has 4 nitrogen and oxygen atoms in total. The van der Waals surface area contributed by atoms with Crippen molar-refractivity contribution in [1.82, 2.24) is 0 Å². The molecule has 4 heteroatoms. The Morgan fingerprint density at radius 2 is 1.09 bits per heavy atom. The molecule has 0 unspecified atom stereocenters.